The predicted octanol–water partition coefficient (Wildman–Crippen LogP) is 4.08. The molecule has 0 saturated heterocycles. The van der Waals surface area contributed by atoms with Crippen LogP contribution in [0, 0.1) is 12.7 Å². The van der Waals surface area contributed by atoms with Crippen LogP contribution in [-0.2, 0) is 0 Å². The second kappa shape index (κ2) is 5.27. The Balaban J connectivity index is 2.29. The van der Waals surface area contributed by atoms with Crippen LogP contribution in [0.3, 0.4) is 0 Å². The summed E-state index contributed by atoms with van der Waals surface area (Å²) in [6, 6.07) is 6.56. The summed E-state index contributed by atoms with van der Waals surface area (Å²) >= 11 is 1.61. The topological polar surface area (TPSA) is 24.9 Å². The minimum absolute atomic E-state index is 0.224. The number of aryl methyl sites for hydroxylation is 1. The van der Waals surface area contributed by atoms with Crippen molar-refractivity contribution in [2.24, 2.45) is 0 Å². The van der Waals surface area contributed by atoms with Crippen molar-refractivity contribution in [1.29, 1.82) is 0 Å². The van der Waals surface area contributed by atoms with Crippen molar-refractivity contribution < 1.29 is 4.39 Å². The molecular formula is C13H15FN2S. The lowest BCUT2D eigenvalue weighted by Crippen LogP contribution is -1.98. The first-order valence-electron chi connectivity index (χ1n) is 5.68. The smallest absolute Gasteiger partial charge is 0.183 e. The first kappa shape index (κ1) is 12.0. The van der Waals surface area contributed by atoms with Gasteiger partial charge < -0.3 is 5.32 Å². The number of hydrogen-bond donors (Lipinski definition) is 1. The van der Waals surface area contributed by atoms with Crippen LogP contribution in [0.15, 0.2) is 24.3 Å². The molecule has 0 aliphatic heterocycles. The van der Waals surface area contributed by atoms with Gasteiger partial charge in [-0.25, -0.2) is 9.37 Å². The van der Waals surface area contributed by atoms with Gasteiger partial charge in [0.2, 0.25) is 0 Å². The maximum atomic E-state index is 13.2. The van der Waals surface area contributed by atoms with E-state index in [0.29, 0.717) is 0 Å². The molecule has 4 heteroatoms. The van der Waals surface area contributed by atoms with Crippen molar-refractivity contribution in [3.05, 3.63) is 35.0 Å². The molecule has 0 saturated carbocycles. The molecule has 1 aromatic heterocycles. The molecule has 1 heterocycles. The molecule has 0 amide bonds. The molecule has 0 atom stereocenters. The maximum Gasteiger partial charge on any atom is 0.183 e. The summed E-state index contributed by atoms with van der Waals surface area (Å²) in [4.78, 5) is 5.61. The molecule has 0 spiro atoms. The Bertz CT molecular complexity index is 508. The van der Waals surface area contributed by atoms with Gasteiger partial charge in [0.15, 0.2) is 5.13 Å². The van der Waals surface area contributed by atoms with E-state index in [9.17, 15) is 4.39 Å². The number of nitrogens with zero attached hydrogens (tertiary/aromatic N) is 1. The average Bonchev–Trinajstić information content (AvgIpc) is 2.68. The van der Waals surface area contributed by atoms with E-state index in [1.54, 1.807) is 17.4 Å². The third kappa shape index (κ3) is 2.82. The molecule has 0 bridgehead atoms. The maximum absolute atomic E-state index is 13.2. The van der Waals surface area contributed by atoms with Crippen molar-refractivity contribution in [1.82, 2.24) is 4.98 Å². The fraction of sp³-hybridized carbons (Fsp3) is 0.308. The molecule has 2 rings (SSSR count). The van der Waals surface area contributed by atoms with Crippen LogP contribution in [-0.4, -0.2) is 11.5 Å². The quantitative estimate of drug-likeness (QED) is 0.884. The molecule has 0 radical (unpaired) electrons. The number of halogens is 1. The van der Waals surface area contributed by atoms with Crippen LogP contribution >= 0.6 is 11.3 Å². The summed E-state index contributed by atoms with van der Waals surface area (Å²) in [5.41, 5.74) is 1.71. The highest BCUT2D eigenvalue weighted by Gasteiger charge is 2.09. The molecule has 0 aliphatic carbocycles. The zero-order valence-electron chi connectivity index (χ0n) is 9.96. The van der Waals surface area contributed by atoms with Gasteiger partial charge in [-0.3, -0.25) is 0 Å². The van der Waals surface area contributed by atoms with E-state index in [-0.39, 0.29) is 5.82 Å². The lowest BCUT2D eigenvalue weighted by atomic mass is 10.1. The molecule has 0 unspecified atom stereocenters. The molecule has 17 heavy (non-hydrogen) atoms. The van der Waals surface area contributed by atoms with Crippen LogP contribution in [0.1, 0.15) is 18.2 Å². The van der Waals surface area contributed by atoms with Gasteiger partial charge in [0.05, 0.1) is 5.69 Å². The van der Waals surface area contributed by atoms with Gasteiger partial charge in [-0.15, -0.1) is 11.3 Å². The van der Waals surface area contributed by atoms with Crippen LogP contribution in [0.4, 0.5) is 9.52 Å². The van der Waals surface area contributed by atoms with Gasteiger partial charge in [-0.05, 0) is 25.5 Å². The van der Waals surface area contributed by atoms with E-state index in [2.05, 4.69) is 17.2 Å². The summed E-state index contributed by atoms with van der Waals surface area (Å²) in [6.45, 7) is 5.03. The van der Waals surface area contributed by atoms with Crippen molar-refractivity contribution in [3.8, 4) is 11.3 Å². The molecule has 2 aromatic rings. The highest BCUT2D eigenvalue weighted by Crippen LogP contribution is 2.30. The van der Waals surface area contributed by atoms with Crippen LogP contribution < -0.4 is 5.32 Å². The summed E-state index contributed by atoms with van der Waals surface area (Å²) in [7, 11) is 0. The minimum atomic E-state index is -0.224. The molecule has 2 nitrogen and oxygen atoms in total. The molecule has 90 valence electrons. The first-order valence-corrected chi connectivity index (χ1v) is 6.49. The standard InChI is InChI=1S/C13H15FN2S/c1-3-7-15-13-16-12(9(2)17-13)10-5-4-6-11(14)8-10/h4-6,8H,3,7H2,1-2H3,(H,15,16). The van der Waals surface area contributed by atoms with E-state index in [0.717, 1.165) is 34.2 Å². The Kier molecular flexibility index (Phi) is 3.74. The Morgan fingerprint density at radius 2 is 2.24 bits per heavy atom. The van der Waals surface area contributed by atoms with Crippen molar-refractivity contribution in [3.63, 3.8) is 0 Å². The van der Waals surface area contributed by atoms with E-state index in [1.807, 2.05) is 13.0 Å². The second-order valence-corrected chi connectivity index (χ2v) is 5.06. The summed E-state index contributed by atoms with van der Waals surface area (Å²) in [5, 5.41) is 4.16. The largest absolute Gasteiger partial charge is 0.362 e. The van der Waals surface area contributed by atoms with Crippen molar-refractivity contribution in [2.45, 2.75) is 20.3 Å². The number of aromatic nitrogens is 1. The SMILES string of the molecule is CCCNc1nc(-c2cccc(F)c2)c(C)s1. The van der Waals surface area contributed by atoms with E-state index in [1.165, 1.54) is 12.1 Å². The van der Waals surface area contributed by atoms with Gasteiger partial charge in [-0.1, -0.05) is 19.1 Å². The number of benzene rings is 1. The van der Waals surface area contributed by atoms with Crippen molar-refractivity contribution in [2.75, 3.05) is 11.9 Å². The van der Waals surface area contributed by atoms with Gasteiger partial charge in [0.25, 0.3) is 0 Å². The van der Waals surface area contributed by atoms with Crippen LogP contribution in [0.5, 0.6) is 0 Å². The Hall–Kier alpha value is -1.42. The first-order chi connectivity index (χ1) is 8.20. The number of thiazole rings is 1. The zero-order valence-corrected chi connectivity index (χ0v) is 10.8. The van der Waals surface area contributed by atoms with E-state index >= 15 is 0 Å². The van der Waals surface area contributed by atoms with Crippen LogP contribution in [0.2, 0.25) is 0 Å². The summed E-state index contributed by atoms with van der Waals surface area (Å²) in [5.74, 6) is -0.224. The van der Waals surface area contributed by atoms with E-state index in [4.69, 9.17) is 0 Å². The number of hydrogen-bond acceptors (Lipinski definition) is 3. The highest BCUT2D eigenvalue weighted by atomic mass is 32.1. The fourth-order valence-corrected chi connectivity index (χ4v) is 2.47. The van der Waals surface area contributed by atoms with Gasteiger partial charge in [0, 0.05) is 17.0 Å². The lowest BCUT2D eigenvalue weighted by molar-refractivity contribution is 0.628. The predicted molar refractivity (Wildman–Crippen MR) is 71.0 cm³/mol. The van der Waals surface area contributed by atoms with E-state index < -0.39 is 0 Å². The average molecular weight is 250 g/mol. The van der Waals surface area contributed by atoms with Crippen LogP contribution in [0.25, 0.3) is 11.3 Å². The Morgan fingerprint density at radius 1 is 1.41 bits per heavy atom. The summed E-state index contributed by atoms with van der Waals surface area (Å²) < 4.78 is 13.2. The lowest BCUT2D eigenvalue weighted by Gasteiger charge is -1.99. The molecule has 1 aromatic carbocycles. The van der Waals surface area contributed by atoms with Gasteiger partial charge in [0.1, 0.15) is 5.82 Å². The number of anilines is 1. The molecule has 0 fully saturated rings. The fourth-order valence-electron chi connectivity index (χ4n) is 1.61. The summed E-state index contributed by atoms with van der Waals surface area (Å²) in [6.07, 6.45) is 1.06. The zero-order chi connectivity index (χ0) is 12.3. The van der Waals surface area contributed by atoms with Gasteiger partial charge >= 0.3 is 0 Å². The minimum Gasteiger partial charge on any atom is -0.362 e. The van der Waals surface area contributed by atoms with Crippen molar-refractivity contribution >= 4 is 16.5 Å². The normalized spacial score (nSPS) is 10.5. The van der Waals surface area contributed by atoms with Gasteiger partial charge in [-0.2, -0.15) is 0 Å². The third-order valence-electron chi connectivity index (χ3n) is 2.42. The monoisotopic (exact) mass is 250 g/mol. The molecular weight excluding hydrogens is 235 g/mol. The third-order valence-corrected chi connectivity index (χ3v) is 3.35. The Morgan fingerprint density at radius 3 is 2.94 bits per heavy atom. The Labute approximate surface area is 105 Å². The molecule has 1 N–H and O–H groups in total. The number of rotatable bonds is 4. The highest BCUT2D eigenvalue weighted by molar-refractivity contribution is 7.16. The second-order valence-electron chi connectivity index (χ2n) is 3.86. The molecule has 0 aliphatic rings. The number of nitrogens with one attached hydrogen (secondary N) is 1.